The Morgan fingerprint density at radius 1 is 1.13 bits per heavy atom. The number of fused-ring (bicyclic) bond motifs is 1. The van der Waals surface area contributed by atoms with Gasteiger partial charge in [-0.3, -0.25) is 9.59 Å². The molecule has 2 heterocycles. The van der Waals surface area contributed by atoms with Crippen LogP contribution in [0.3, 0.4) is 0 Å². The fourth-order valence-corrected chi connectivity index (χ4v) is 4.97. The monoisotopic (exact) mass is 446 g/mol. The molecule has 9 nitrogen and oxygen atoms in total. The Balaban J connectivity index is 1.65. The number of nitrogens with one attached hydrogen (secondary N) is 1. The molecule has 0 unspecified atom stereocenters. The predicted octanol–water partition coefficient (Wildman–Crippen LogP) is 1.46. The fourth-order valence-electron chi connectivity index (χ4n) is 2.97. The zero-order chi connectivity index (χ0) is 21.9. The van der Waals surface area contributed by atoms with Crippen molar-refractivity contribution >= 4 is 44.5 Å². The number of nitriles is 1. The number of nitrogens with zero attached hydrogens (tertiary/aromatic N) is 3. The Hall–Kier alpha value is -3.20. The number of carbonyl (C=O) groups is 2. The molecule has 1 N–H and O–H groups in total. The van der Waals surface area contributed by atoms with Crippen LogP contribution in [0, 0.1) is 11.3 Å². The van der Waals surface area contributed by atoms with Crippen LogP contribution in [0.5, 0.6) is 0 Å². The topological polar surface area (TPSA) is 120 Å². The molecule has 0 radical (unpaired) electrons. The summed E-state index contributed by atoms with van der Waals surface area (Å²) in [6, 6.07) is 12.3. The second-order valence-electron chi connectivity index (χ2n) is 6.26. The number of Topliss-reactive ketones (excluding diaryl/α,β-unsaturated/α-hetero) is 1. The maximum absolute atomic E-state index is 12.5. The Morgan fingerprint density at radius 2 is 1.77 bits per heavy atom. The Kier molecular flexibility index (Phi) is 6.21. The number of benzene rings is 1. The summed E-state index contributed by atoms with van der Waals surface area (Å²) < 4.78 is 31.1. The van der Waals surface area contributed by atoms with Crippen molar-refractivity contribution in [1.29, 1.82) is 5.26 Å². The van der Waals surface area contributed by atoms with Gasteiger partial charge in [0.1, 0.15) is 28.2 Å². The van der Waals surface area contributed by atoms with Crippen LogP contribution in [0.4, 0.5) is 11.4 Å². The number of para-hydroxylation sites is 2. The molecule has 156 valence electrons. The highest BCUT2D eigenvalue weighted by Crippen LogP contribution is 2.40. The van der Waals surface area contributed by atoms with E-state index in [0.29, 0.717) is 5.82 Å². The van der Waals surface area contributed by atoms with E-state index in [1.807, 2.05) is 30.3 Å². The molecule has 0 atom stereocenters. The van der Waals surface area contributed by atoms with E-state index in [4.69, 9.17) is 4.74 Å². The van der Waals surface area contributed by atoms with Crippen LogP contribution >= 0.6 is 11.3 Å². The first kappa shape index (κ1) is 21.5. The van der Waals surface area contributed by atoms with Crippen molar-refractivity contribution in [3.63, 3.8) is 0 Å². The molecule has 0 bridgehead atoms. The van der Waals surface area contributed by atoms with Gasteiger partial charge in [-0.2, -0.15) is 9.98 Å². The summed E-state index contributed by atoms with van der Waals surface area (Å²) in [7, 11) is -0.362. The summed E-state index contributed by atoms with van der Waals surface area (Å²) >= 11 is 1.01. The highest BCUT2D eigenvalue weighted by Gasteiger charge is 2.31. The number of rotatable bonds is 7. The molecule has 0 amide bonds. The molecule has 30 heavy (non-hydrogen) atoms. The van der Waals surface area contributed by atoms with E-state index in [0.717, 1.165) is 22.7 Å². The molecule has 0 aliphatic carbocycles. The summed E-state index contributed by atoms with van der Waals surface area (Å²) in [6.07, 6.45) is 0. The minimum absolute atomic E-state index is 0.0646. The van der Waals surface area contributed by atoms with Crippen molar-refractivity contribution in [2.24, 2.45) is 0 Å². The smallest absolute Gasteiger partial charge is 0.321 e. The molecule has 0 saturated carbocycles. The SMILES string of the molecule is CN1C(=C(C#N)C(=O)COC(=O)CNS(=O)(=O)c2cccs2)N(C)c2ccccc21. The van der Waals surface area contributed by atoms with E-state index in [1.54, 1.807) is 35.3 Å². The summed E-state index contributed by atoms with van der Waals surface area (Å²) in [4.78, 5) is 27.9. The lowest BCUT2D eigenvalue weighted by Crippen LogP contribution is -2.32. The highest BCUT2D eigenvalue weighted by atomic mass is 32.2. The van der Waals surface area contributed by atoms with Crippen LogP contribution in [0.1, 0.15) is 0 Å². The van der Waals surface area contributed by atoms with E-state index in [9.17, 15) is 23.3 Å². The van der Waals surface area contributed by atoms with E-state index < -0.39 is 34.9 Å². The fraction of sp³-hybridized carbons (Fsp3) is 0.211. The lowest BCUT2D eigenvalue weighted by molar-refractivity contribution is -0.145. The van der Waals surface area contributed by atoms with Gasteiger partial charge in [-0.15, -0.1) is 11.3 Å². The van der Waals surface area contributed by atoms with Crippen molar-refractivity contribution in [3.05, 3.63) is 53.2 Å². The van der Waals surface area contributed by atoms with Crippen molar-refractivity contribution in [2.75, 3.05) is 37.0 Å². The number of hydrogen-bond donors (Lipinski definition) is 1. The van der Waals surface area contributed by atoms with Gasteiger partial charge in [-0.05, 0) is 23.6 Å². The predicted molar refractivity (Wildman–Crippen MR) is 111 cm³/mol. The number of ether oxygens (including phenoxy) is 1. The van der Waals surface area contributed by atoms with Gasteiger partial charge in [-0.1, -0.05) is 18.2 Å². The molecule has 3 rings (SSSR count). The first-order valence-corrected chi connectivity index (χ1v) is 11.1. The highest BCUT2D eigenvalue weighted by molar-refractivity contribution is 7.91. The Labute approximate surface area is 177 Å². The third kappa shape index (κ3) is 4.20. The lowest BCUT2D eigenvalue weighted by Gasteiger charge is -2.19. The first-order valence-electron chi connectivity index (χ1n) is 8.69. The number of esters is 1. The van der Waals surface area contributed by atoms with Gasteiger partial charge in [0.05, 0.1) is 11.4 Å². The van der Waals surface area contributed by atoms with Crippen molar-refractivity contribution in [3.8, 4) is 6.07 Å². The minimum atomic E-state index is -3.82. The molecular weight excluding hydrogens is 428 g/mol. The Morgan fingerprint density at radius 3 is 2.30 bits per heavy atom. The van der Waals surface area contributed by atoms with Crippen LogP contribution in [0.25, 0.3) is 0 Å². The minimum Gasteiger partial charge on any atom is -0.456 e. The maximum atomic E-state index is 12.5. The average molecular weight is 447 g/mol. The van der Waals surface area contributed by atoms with E-state index in [1.165, 1.54) is 6.07 Å². The number of carbonyl (C=O) groups excluding carboxylic acids is 2. The normalized spacial score (nSPS) is 13.0. The van der Waals surface area contributed by atoms with Crippen molar-refractivity contribution in [2.45, 2.75) is 4.21 Å². The molecular formula is C19H18N4O5S2. The number of hydrogen-bond acceptors (Lipinski definition) is 9. The van der Waals surface area contributed by atoms with E-state index in [-0.39, 0.29) is 9.78 Å². The zero-order valence-electron chi connectivity index (χ0n) is 16.2. The zero-order valence-corrected chi connectivity index (χ0v) is 17.8. The number of sulfonamides is 1. The third-order valence-electron chi connectivity index (χ3n) is 4.38. The lowest BCUT2D eigenvalue weighted by atomic mass is 10.2. The molecule has 0 fully saturated rings. The molecule has 0 saturated heterocycles. The van der Waals surface area contributed by atoms with Crippen LogP contribution in [-0.2, 0) is 24.3 Å². The van der Waals surface area contributed by atoms with Crippen LogP contribution in [0.2, 0.25) is 0 Å². The standard InChI is InChI=1S/C19H18N4O5S2/c1-22-14-6-3-4-7-15(14)23(2)19(22)13(10-20)16(24)12-28-17(25)11-21-30(26,27)18-8-5-9-29-18/h3-9,21H,11-12H2,1-2H3. The number of ketones is 1. The number of anilines is 2. The molecule has 1 aromatic carbocycles. The van der Waals surface area contributed by atoms with Crippen LogP contribution < -0.4 is 14.5 Å². The third-order valence-corrected chi connectivity index (χ3v) is 7.18. The second kappa shape index (κ2) is 8.66. The van der Waals surface area contributed by atoms with Gasteiger partial charge in [0.2, 0.25) is 5.78 Å². The van der Waals surface area contributed by atoms with Gasteiger partial charge < -0.3 is 14.5 Å². The van der Waals surface area contributed by atoms with Crippen LogP contribution in [0.15, 0.2) is 57.4 Å². The molecule has 1 aliphatic heterocycles. The quantitative estimate of drug-likeness (QED) is 0.386. The second-order valence-corrected chi connectivity index (χ2v) is 9.20. The number of thiophene rings is 1. The molecule has 0 spiro atoms. The molecule has 1 aromatic heterocycles. The Bertz CT molecular complexity index is 1120. The summed E-state index contributed by atoms with van der Waals surface area (Å²) in [6.45, 7) is -1.30. The van der Waals surface area contributed by atoms with Crippen LogP contribution in [-0.4, -0.2) is 47.4 Å². The average Bonchev–Trinajstić information content (AvgIpc) is 3.36. The summed E-state index contributed by atoms with van der Waals surface area (Å²) in [5.41, 5.74) is 1.49. The van der Waals surface area contributed by atoms with Gasteiger partial charge in [0.15, 0.2) is 6.61 Å². The van der Waals surface area contributed by atoms with Gasteiger partial charge in [-0.25, -0.2) is 8.42 Å². The van der Waals surface area contributed by atoms with E-state index in [2.05, 4.69) is 4.72 Å². The molecule has 11 heteroatoms. The van der Waals surface area contributed by atoms with Crippen molar-refractivity contribution in [1.82, 2.24) is 4.72 Å². The van der Waals surface area contributed by atoms with Crippen molar-refractivity contribution < 1.29 is 22.7 Å². The largest absolute Gasteiger partial charge is 0.456 e. The molecule has 2 aromatic rings. The molecule has 1 aliphatic rings. The summed E-state index contributed by atoms with van der Waals surface area (Å²) in [5, 5.41) is 11.1. The summed E-state index contributed by atoms with van der Waals surface area (Å²) in [5.74, 6) is -1.24. The maximum Gasteiger partial charge on any atom is 0.321 e. The van der Waals surface area contributed by atoms with Gasteiger partial charge in [0, 0.05) is 14.1 Å². The van der Waals surface area contributed by atoms with E-state index >= 15 is 0 Å². The first-order chi connectivity index (χ1) is 14.3. The van der Waals surface area contributed by atoms with Gasteiger partial charge >= 0.3 is 5.97 Å². The van der Waals surface area contributed by atoms with Gasteiger partial charge in [0.25, 0.3) is 10.0 Å².